The highest BCUT2D eigenvalue weighted by Crippen LogP contribution is 2.30. The van der Waals surface area contributed by atoms with Gasteiger partial charge in [-0.25, -0.2) is 17.9 Å². The third-order valence-electron chi connectivity index (χ3n) is 6.92. The molecule has 2 N–H and O–H groups in total. The van der Waals surface area contributed by atoms with Gasteiger partial charge in [0.15, 0.2) is 0 Å². The number of sulfonamides is 1. The van der Waals surface area contributed by atoms with Crippen molar-refractivity contribution < 1.29 is 37.1 Å². The number of ether oxygens (including phenoxy) is 2. The van der Waals surface area contributed by atoms with Crippen LogP contribution < -0.4 is 14.8 Å². The van der Waals surface area contributed by atoms with Gasteiger partial charge in [-0.15, -0.1) is 0 Å². The molecule has 0 unspecified atom stereocenters. The quantitative estimate of drug-likeness (QED) is 0.276. The summed E-state index contributed by atoms with van der Waals surface area (Å²) in [6.45, 7) is -3.03. The number of methoxy groups -OCH3 is 1. The molecule has 0 spiro atoms. The lowest BCUT2D eigenvalue weighted by Gasteiger charge is -2.13. The second-order valence-electron chi connectivity index (χ2n) is 9.78. The van der Waals surface area contributed by atoms with E-state index in [4.69, 9.17) is 19.1 Å². The van der Waals surface area contributed by atoms with Crippen LogP contribution >= 0.6 is 0 Å². The number of rotatable bonds is 8. The van der Waals surface area contributed by atoms with Crippen LogP contribution in [0.25, 0.3) is 10.9 Å². The zero-order valence-corrected chi connectivity index (χ0v) is 23.3. The minimum atomic E-state index is -4.98. The summed E-state index contributed by atoms with van der Waals surface area (Å²) in [4.78, 5) is 24.4. The van der Waals surface area contributed by atoms with Crippen molar-refractivity contribution in [1.82, 2.24) is 9.29 Å². The number of hydrogen-bond donors (Lipinski definition) is 2. The van der Waals surface area contributed by atoms with E-state index in [1.807, 2.05) is 29.9 Å². The summed E-state index contributed by atoms with van der Waals surface area (Å²) in [5.41, 5.74) is 1.93. The first kappa shape index (κ1) is 20.5. The second kappa shape index (κ2) is 11.7. The summed E-state index contributed by atoms with van der Waals surface area (Å²) in [5, 5.41) is 3.66. The zero-order valence-electron chi connectivity index (χ0n) is 29.5. The molecule has 0 saturated heterocycles. The van der Waals surface area contributed by atoms with E-state index in [0.29, 0.717) is 17.7 Å². The van der Waals surface area contributed by atoms with Gasteiger partial charge in [-0.1, -0.05) is 23.7 Å². The number of nitrogens with one attached hydrogen (secondary N) is 2. The van der Waals surface area contributed by atoms with Gasteiger partial charge in [0, 0.05) is 45.9 Å². The van der Waals surface area contributed by atoms with E-state index in [2.05, 4.69) is 5.32 Å². The molecule has 0 radical (unpaired) electrons. The molecule has 1 aliphatic rings. The Morgan fingerprint density at radius 2 is 1.83 bits per heavy atom. The molecule has 9 nitrogen and oxygen atoms in total. The highest BCUT2D eigenvalue weighted by molar-refractivity contribution is 7.90. The largest absolute Gasteiger partial charge is 0.496 e. The lowest BCUT2D eigenvalue weighted by atomic mass is 10.0. The van der Waals surface area contributed by atoms with Gasteiger partial charge in [-0.3, -0.25) is 10.1 Å². The lowest BCUT2D eigenvalue weighted by molar-refractivity contribution is 0.0980. The molecule has 1 aliphatic carbocycles. The maximum Gasteiger partial charge on any atom is 0.411 e. The molecule has 41 heavy (non-hydrogen) atoms. The summed E-state index contributed by atoms with van der Waals surface area (Å²) >= 11 is 0. The second-order valence-corrected chi connectivity index (χ2v) is 11.4. The monoisotopic (exact) mass is 582 g/mol. The fourth-order valence-corrected chi connectivity index (χ4v) is 5.74. The Labute approximate surface area is 249 Å². The number of fused-ring (bicyclic) bond motifs is 1. The first-order chi connectivity index (χ1) is 22.5. The van der Waals surface area contributed by atoms with Crippen molar-refractivity contribution in [2.24, 2.45) is 7.05 Å². The van der Waals surface area contributed by atoms with E-state index >= 15 is 0 Å². The Balaban J connectivity index is 1.38. The van der Waals surface area contributed by atoms with E-state index in [1.165, 1.54) is 19.2 Å². The van der Waals surface area contributed by atoms with Crippen molar-refractivity contribution in [3.05, 3.63) is 89.0 Å². The molecule has 1 heterocycles. The number of amides is 2. The van der Waals surface area contributed by atoms with E-state index in [9.17, 15) is 18.0 Å². The van der Waals surface area contributed by atoms with Crippen LogP contribution in [0.15, 0.2) is 71.7 Å². The molecule has 1 saturated carbocycles. The molecular formula is C31H33N3O6S. The van der Waals surface area contributed by atoms with E-state index in [1.54, 1.807) is 16.9 Å². The Morgan fingerprint density at radius 3 is 2.54 bits per heavy atom. The average molecular weight is 583 g/mol. The van der Waals surface area contributed by atoms with Crippen LogP contribution in [0.5, 0.6) is 5.75 Å². The smallest absolute Gasteiger partial charge is 0.411 e. The minimum absolute atomic E-state index is 0.0778. The zero-order chi connectivity index (χ0) is 35.1. The third kappa shape index (κ3) is 6.38. The first-order valence-corrected chi connectivity index (χ1v) is 14.4. The number of carbonyl (C=O) groups excluding carboxylic acids is 2. The van der Waals surface area contributed by atoms with Gasteiger partial charge >= 0.3 is 6.09 Å². The number of aromatic nitrogens is 1. The predicted molar refractivity (Wildman–Crippen MR) is 157 cm³/mol. The Morgan fingerprint density at radius 1 is 1.07 bits per heavy atom. The Hall–Kier alpha value is -4.31. The van der Waals surface area contributed by atoms with Gasteiger partial charge in [0.25, 0.3) is 15.9 Å². The van der Waals surface area contributed by atoms with Crippen LogP contribution in [0.4, 0.5) is 10.5 Å². The molecule has 2 amide bonds. The van der Waals surface area contributed by atoms with Crippen molar-refractivity contribution in [2.45, 2.75) is 50.0 Å². The van der Waals surface area contributed by atoms with Crippen molar-refractivity contribution in [1.29, 1.82) is 0 Å². The first-order valence-electron chi connectivity index (χ1n) is 16.4. The van der Waals surface area contributed by atoms with Crippen LogP contribution in [-0.4, -0.2) is 38.2 Å². The summed E-state index contributed by atoms with van der Waals surface area (Å²) in [6, 6.07) is 5.46. The number of carbonyl (C=O) groups is 2. The van der Waals surface area contributed by atoms with Crippen LogP contribution in [0, 0.1) is 6.85 Å². The molecule has 4 aromatic rings. The van der Waals surface area contributed by atoms with Crippen LogP contribution in [-0.2, 0) is 28.2 Å². The van der Waals surface area contributed by atoms with Crippen LogP contribution in [0.2, 0.25) is 0 Å². The third-order valence-corrected chi connectivity index (χ3v) is 8.12. The maximum absolute atomic E-state index is 13.1. The van der Waals surface area contributed by atoms with E-state index in [-0.39, 0.29) is 17.4 Å². The molecule has 5 rings (SSSR count). The highest BCUT2D eigenvalue weighted by Gasteiger charge is 2.21. The summed E-state index contributed by atoms with van der Waals surface area (Å²) in [5.74, 6) is -0.875. The number of nitrogens with zero attached hydrogens (tertiary/aromatic N) is 1. The summed E-state index contributed by atoms with van der Waals surface area (Å²) in [7, 11) is -1.71. The van der Waals surface area contributed by atoms with E-state index in [0.717, 1.165) is 42.1 Å². The number of hydrogen-bond acceptors (Lipinski definition) is 6. The van der Waals surface area contributed by atoms with Gasteiger partial charge in [0.1, 0.15) is 11.9 Å². The average Bonchev–Trinajstić information content (AvgIpc) is 3.62. The standard InChI is InChI=1S/C31H33N3O6S/c1-20-8-13-26(14-9-20)41(37,38)33-30(35)22-11-10-21(29(17-22)39-3)16-23-19-34(2)28-15-12-24(18-27(23)28)32-31(36)40-25-6-4-5-7-25/h8-15,17-19,25H,4-7,16H2,1-3H3,(H,32,36)(H,33,35)/i1D3,8D,9D,13D,14D. The predicted octanol–water partition coefficient (Wildman–Crippen LogP) is 5.70. The highest BCUT2D eigenvalue weighted by atomic mass is 32.2. The lowest BCUT2D eigenvalue weighted by Crippen LogP contribution is -2.30. The molecule has 0 bridgehead atoms. The molecule has 10 heteroatoms. The van der Waals surface area contributed by atoms with Crippen LogP contribution in [0.3, 0.4) is 0 Å². The fraction of sp³-hybridized carbons (Fsp3) is 0.290. The molecule has 3 aromatic carbocycles. The van der Waals surface area contributed by atoms with E-state index < -0.39 is 63.5 Å². The van der Waals surface area contributed by atoms with Crippen molar-refractivity contribution in [3.63, 3.8) is 0 Å². The van der Waals surface area contributed by atoms with Crippen molar-refractivity contribution in [3.8, 4) is 5.75 Å². The topological polar surface area (TPSA) is 116 Å². The van der Waals surface area contributed by atoms with Gasteiger partial charge < -0.3 is 14.0 Å². The van der Waals surface area contributed by atoms with Crippen molar-refractivity contribution in [2.75, 3.05) is 12.4 Å². The minimum Gasteiger partial charge on any atom is -0.496 e. The van der Waals surface area contributed by atoms with Gasteiger partial charge in [0.05, 0.1) is 17.5 Å². The number of benzene rings is 3. The van der Waals surface area contributed by atoms with Crippen LogP contribution in [0.1, 0.15) is 62.3 Å². The van der Waals surface area contributed by atoms with Gasteiger partial charge in [0.2, 0.25) is 0 Å². The van der Waals surface area contributed by atoms with Gasteiger partial charge in [-0.05, 0) is 86.1 Å². The molecule has 0 aliphatic heterocycles. The maximum atomic E-state index is 13.1. The number of anilines is 1. The number of aryl methyl sites for hydroxylation is 1. The van der Waals surface area contributed by atoms with Gasteiger partial charge in [-0.2, -0.15) is 0 Å². The molecule has 1 aromatic heterocycles. The SMILES string of the molecule is [2H]c1c([2H])c(S(=O)(=O)NC(=O)c2ccc(Cc3cn(C)c4ccc(NC(=O)OC5CCCC5)cc34)c(OC)c2)c([2H])c([2H])c1C([2H])([2H])[2H]. The van der Waals surface area contributed by atoms with Crippen molar-refractivity contribution >= 4 is 38.6 Å². The molecule has 0 atom stereocenters. The Bertz CT molecular complexity index is 2010. The summed E-state index contributed by atoms with van der Waals surface area (Å²) in [6.07, 6.45) is 5.46. The Kier molecular flexibility index (Phi) is 5.84. The molecule has 1 fully saturated rings. The molecule has 214 valence electrons. The normalized spacial score (nSPS) is 16.5. The molecular weight excluding hydrogens is 542 g/mol. The summed E-state index contributed by atoms with van der Waals surface area (Å²) < 4.78 is 95.7. The fourth-order valence-electron chi connectivity index (χ4n) is 4.90.